The Morgan fingerprint density at radius 3 is 2.44 bits per heavy atom. The van der Waals surface area contributed by atoms with Crippen molar-refractivity contribution in [2.24, 2.45) is 0 Å². The Morgan fingerprint density at radius 1 is 1.00 bits per heavy atom. The molecule has 5 heteroatoms. The van der Waals surface area contributed by atoms with Gasteiger partial charge in [-0.05, 0) is 43.3 Å². The molecule has 1 aliphatic rings. The lowest BCUT2D eigenvalue weighted by atomic mass is 10.1. The number of hydrogen-bond acceptors (Lipinski definition) is 3. The molecule has 2 aromatic carbocycles. The average molecular weight is 376 g/mol. The van der Waals surface area contributed by atoms with Crippen LogP contribution in [0.2, 0.25) is 0 Å². The number of hydrogen-bond donors (Lipinski definition) is 0. The molecular formula is C22H20N2O2S. The quantitative estimate of drug-likeness (QED) is 0.568. The van der Waals surface area contributed by atoms with Crippen molar-refractivity contribution in [3.8, 4) is 0 Å². The topological polar surface area (TPSA) is 42.3 Å². The minimum atomic E-state index is -0.227. The second kappa shape index (κ2) is 7.08. The lowest BCUT2D eigenvalue weighted by Gasteiger charge is -2.12. The average Bonchev–Trinajstić information content (AvgIpc) is 3.16. The number of para-hydroxylation sites is 1. The highest BCUT2D eigenvalue weighted by Crippen LogP contribution is 2.35. The van der Waals surface area contributed by atoms with Crippen LogP contribution in [-0.2, 0) is 11.3 Å². The van der Waals surface area contributed by atoms with Gasteiger partial charge < -0.3 is 4.57 Å². The van der Waals surface area contributed by atoms with E-state index in [0.717, 1.165) is 33.8 Å². The summed E-state index contributed by atoms with van der Waals surface area (Å²) in [6.45, 7) is 4.56. The highest BCUT2D eigenvalue weighted by atomic mass is 32.2. The molecule has 0 saturated carbocycles. The number of rotatable bonds is 4. The lowest BCUT2D eigenvalue weighted by molar-refractivity contribution is -0.123. The molecule has 136 valence electrons. The Kier molecular flexibility index (Phi) is 4.62. The molecule has 0 spiro atoms. The minimum absolute atomic E-state index is 0.220. The Balaban J connectivity index is 1.68. The van der Waals surface area contributed by atoms with Gasteiger partial charge in [-0.1, -0.05) is 48.5 Å². The smallest absolute Gasteiger partial charge is 0.293 e. The Hall–Kier alpha value is -2.79. The molecule has 27 heavy (non-hydrogen) atoms. The third kappa shape index (κ3) is 3.30. The SMILES string of the molecule is CC(C)n1cc(/C=C2/SC(=O)N(Cc3ccccc3)C2=O)c2ccccc21. The van der Waals surface area contributed by atoms with Gasteiger partial charge in [0.1, 0.15) is 0 Å². The van der Waals surface area contributed by atoms with E-state index in [2.05, 4.69) is 30.7 Å². The van der Waals surface area contributed by atoms with Crippen LogP contribution in [0.5, 0.6) is 0 Å². The van der Waals surface area contributed by atoms with E-state index in [1.165, 1.54) is 4.90 Å². The lowest BCUT2D eigenvalue weighted by Crippen LogP contribution is -2.27. The summed E-state index contributed by atoms with van der Waals surface area (Å²) >= 11 is 1.01. The van der Waals surface area contributed by atoms with Crippen LogP contribution in [0.15, 0.2) is 65.7 Å². The van der Waals surface area contributed by atoms with Gasteiger partial charge in [-0.25, -0.2) is 0 Å². The standard InChI is InChI=1S/C22H20N2O2S/c1-15(2)23-14-17(18-10-6-7-11-19(18)23)12-20-21(25)24(22(26)27-20)13-16-8-4-3-5-9-16/h3-12,14-15H,13H2,1-2H3/b20-12+. The second-order valence-corrected chi connectivity index (χ2v) is 7.85. The fourth-order valence-electron chi connectivity index (χ4n) is 3.32. The summed E-state index contributed by atoms with van der Waals surface area (Å²) in [5.74, 6) is -0.227. The fourth-order valence-corrected chi connectivity index (χ4v) is 4.15. The van der Waals surface area contributed by atoms with Gasteiger partial charge >= 0.3 is 0 Å². The molecule has 1 fully saturated rings. The van der Waals surface area contributed by atoms with Crippen molar-refractivity contribution in [2.75, 3.05) is 0 Å². The zero-order valence-electron chi connectivity index (χ0n) is 15.3. The van der Waals surface area contributed by atoms with E-state index in [-0.39, 0.29) is 11.1 Å². The summed E-state index contributed by atoms with van der Waals surface area (Å²) in [6, 6.07) is 18.0. The number of fused-ring (bicyclic) bond motifs is 1. The van der Waals surface area contributed by atoms with Crippen molar-refractivity contribution >= 4 is 39.9 Å². The molecule has 0 radical (unpaired) electrons. The predicted octanol–water partition coefficient (Wildman–Crippen LogP) is 5.46. The monoisotopic (exact) mass is 376 g/mol. The maximum atomic E-state index is 12.8. The highest BCUT2D eigenvalue weighted by Gasteiger charge is 2.35. The molecule has 0 aliphatic carbocycles. The molecule has 0 atom stereocenters. The zero-order valence-corrected chi connectivity index (χ0v) is 16.1. The largest absolute Gasteiger partial charge is 0.344 e. The van der Waals surface area contributed by atoms with E-state index < -0.39 is 0 Å². The van der Waals surface area contributed by atoms with Crippen molar-refractivity contribution in [1.29, 1.82) is 0 Å². The first kappa shape index (κ1) is 17.6. The van der Waals surface area contributed by atoms with Crippen LogP contribution in [0.3, 0.4) is 0 Å². The molecule has 1 aromatic heterocycles. The van der Waals surface area contributed by atoms with Crippen LogP contribution in [0, 0.1) is 0 Å². The molecule has 2 heterocycles. The number of benzene rings is 2. The summed E-state index contributed by atoms with van der Waals surface area (Å²) < 4.78 is 2.19. The maximum absolute atomic E-state index is 12.8. The number of carbonyl (C=O) groups is 2. The van der Waals surface area contributed by atoms with Crippen molar-refractivity contribution in [1.82, 2.24) is 9.47 Å². The molecule has 0 N–H and O–H groups in total. The van der Waals surface area contributed by atoms with E-state index in [9.17, 15) is 9.59 Å². The molecule has 3 aromatic rings. The zero-order chi connectivity index (χ0) is 19.0. The van der Waals surface area contributed by atoms with Crippen LogP contribution >= 0.6 is 11.8 Å². The number of carbonyl (C=O) groups excluding carboxylic acids is 2. The molecule has 4 nitrogen and oxygen atoms in total. The van der Waals surface area contributed by atoms with Gasteiger partial charge in [-0.3, -0.25) is 14.5 Å². The van der Waals surface area contributed by atoms with Crippen LogP contribution in [-0.4, -0.2) is 20.6 Å². The first-order valence-electron chi connectivity index (χ1n) is 8.93. The fraction of sp³-hybridized carbons (Fsp3) is 0.182. The van der Waals surface area contributed by atoms with Crippen LogP contribution in [0.1, 0.15) is 31.0 Å². The third-order valence-corrected chi connectivity index (χ3v) is 5.58. The van der Waals surface area contributed by atoms with Crippen LogP contribution < -0.4 is 0 Å². The molecule has 2 amide bonds. The Bertz CT molecular complexity index is 1050. The van der Waals surface area contributed by atoms with Crippen LogP contribution in [0.25, 0.3) is 17.0 Å². The Labute approximate surface area is 162 Å². The van der Waals surface area contributed by atoms with E-state index in [1.54, 1.807) is 0 Å². The molecule has 4 rings (SSSR count). The number of aromatic nitrogens is 1. The number of thioether (sulfide) groups is 1. The van der Waals surface area contributed by atoms with E-state index in [1.807, 2.05) is 54.6 Å². The summed E-state index contributed by atoms with van der Waals surface area (Å²) in [5, 5.41) is 0.865. The van der Waals surface area contributed by atoms with Crippen molar-refractivity contribution < 1.29 is 9.59 Å². The molecule has 0 unspecified atom stereocenters. The number of imide groups is 1. The van der Waals surface area contributed by atoms with Gasteiger partial charge in [0.05, 0.1) is 11.4 Å². The third-order valence-electron chi connectivity index (χ3n) is 4.67. The van der Waals surface area contributed by atoms with Gasteiger partial charge in [0.2, 0.25) is 0 Å². The maximum Gasteiger partial charge on any atom is 0.293 e. The normalized spacial score (nSPS) is 16.3. The summed E-state index contributed by atoms with van der Waals surface area (Å²) in [7, 11) is 0. The first-order valence-corrected chi connectivity index (χ1v) is 9.75. The number of amides is 2. The molecule has 0 bridgehead atoms. The van der Waals surface area contributed by atoms with Crippen molar-refractivity contribution in [3.63, 3.8) is 0 Å². The van der Waals surface area contributed by atoms with Crippen LogP contribution in [0.4, 0.5) is 4.79 Å². The molecular weight excluding hydrogens is 356 g/mol. The van der Waals surface area contributed by atoms with Gasteiger partial charge in [0.15, 0.2) is 0 Å². The molecule has 1 saturated heterocycles. The highest BCUT2D eigenvalue weighted by molar-refractivity contribution is 8.18. The molecule has 1 aliphatic heterocycles. The van der Waals surface area contributed by atoms with Crippen molar-refractivity contribution in [3.05, 3.63) is 76.8 Å². The van der Waals surface area contributed by atoms with E-state index in [0.29, 0.717) is 17.5 Å². The summed E-state index contributed by atoms with van der Waals surface area (Å²) in [5.41, 5.74) is 3.03. The Morgan fingerprint density at radius 2 is 1.70 bits per heavy atom. The predicted molar refractivity (Wildman–Crippen MR) is 110 cm³/mol. The summed E-state index contributed by atoms with van der Waals surface area (Å²) in [4.78, 5) is 27.0. The van der Waals surface area contributed by atoms with E-state index >= 15 is 0 Å². The van der Waals surface area contributed by atoms with Gasteiger partial charge in [-0.15, -0.1) is 0 Å². The van der Waals surface area contributed by atoms with Gasteiger partial charge in [-0.2, -0.15) is 0 Å². The minimum Gasteiger partial charge on any atom is -0.344 e. The second-order valence-electron chi connectivity index (χ2n) is 6.86. The van der Waals surface area contributed by atoms with Gasteiger partial charge in [0.25, 0.3) is 11.1 Å². The van der Waals surface area contributed by atoms with Crippen molar-refractivity contribution in [2.45, 2.75) is 26.4 Å². The van der Waals surface area contributed by atoms with Gasteiger partial charge in [0, 0.05) is 28.7 Å². The first-order chi connectivity index (χ1) is 13.0. The van der Waals surface area contributed by atoms with E-state index in [4.69, 9.17) is 0 Å². The summed E-state index contributed by atoms with van der Waals surface area (Å²) in [6.07, 6.45) is 3.90. The number of nitrogens with zero attached hydrogens (tertiary/aromatic N) is 2.